The number of amides is 1. The number of amidine groups is 1. The number of hydrogen-bond donors (Lipinski definition) is 2. The van der Waals surface area contributed by atoms with E-state index in [1.54, 1.807) is 25.3 Å². The van der Waals surface area contributed by atoms with Gasteiger partial charge in [-0.05, 0) is 29.3 Å². The Kier molecular flexibility index (Phi) is 4.30. The fraction of sp³-hybridized carbons (Fsp3) is 0.400. The quantitative estimate of drug-likeness (QED) is 0.355. The van der Waals surface area contributed by atoms with Crippen LogP contribution in [0.15, 0.2) is 22.0 Å². The molecule has 0 aliphatic heterocycles. The molecule has 5 nitrogen and oxygen atoms in total. The molecular formula is C10H15N3O2S. The zero-order valence-electron chi connectivity index (χ0n) is 9.25. The van der Waals surface area contributed by atoms with Crippen LogP contribution in [0.2, 0.25) is 0 Å². The molecule has 3 N–H and O–H groups in total. The van der Waals surface area contributed by atoms with E-state index in [1.807, 2.05) is 16.8 Å². The zero-order valence-corrected chi connectivity index (χ0v) is 10.1. The molecule has 16 heavy (non-hydrogen) atoms. The monoisotopic (exact) mass is 241 g/mol. The van der Waals surface area contributed by atoms with Gasteiger partial charge in [0.05, 0.1) is 12.5 Å². The third-order valence-corrected chi connectivity index (χ3v) is 3.19. The van der Waals surface area contributed by atoms with E-state index in [-0.39, 0.29) is 11.7 Å². The second-order valence-corrected chi connectivity index (χ2v) is 4.29. The molecule has 1 heterocycles. The average molecular weight is 241 g/mol. The van der Waals surface area contributed by atoms with E-state index in [0.29, 0.717) is 6.42 Å². The fourth-order valence-corrected chi connectivity index (χ4v) is 1.86. The van der Waals surface area contributed by atoms with E-state index in [2.05, 4.69) is 5.16 Å². The summed E-state index contributed by atoms with van der Waals surface area (Å²) < 4.78 is 0. The van der Waals surface area contributed by atoms with Crippen molar-refractivity contribution in [2.45, 2.75) is 19.4 Å². The molecule has 0 spiro atoms. The molecule has 0 radical (unpaired) electrons. The van der Waals surface area contributed by atoms with Gasteiger partial charge in [0.2, 0.25) is 5.91 Å². The lowest BCUT2D eigenvalue weighted by atomic mass is 10.2. The van der Waals surface area contributed by atoms with Gasteiger partial charge in [-0.1, -0.05) is 5.16 Å². The second kappa shape index (κ2) is 5.50. The van der Waals surface area contributed by atoms with Crippen LogP contribution in [0.5, 0.6) is 0 Å². The normalized spacial score (nSPS) is 13.5. The molecule has 0 aliphatic carbocycles. The van der Waals surface area contributed by atoms with Crippen molar-refractivity contribution < 1.29 is 10.0 Å². The average Bonchev–Trinajstić information content (AvgIpc) is 2.78. The molecule has 1 rings (SSSR count). The highest BCUT2D eigenvalue weighted by Gasteiger charge is 2.19. The van der Waals surface area contributed by atoms with Crippen LogP contribution in [-0.2, 0) is 11.2 Å². The van der Waals surface area contributed by atoms with E-state index in [1.165, 1.54) is 4.90 Å². The van der Waals surface area contributed by atoms with E-state index in [0.717, 1.165) is 5.56 Å². The highest BCUT2D eigenvalue weighted by molar-refractivity contribution is 7.07. The molecule has 0 saturated heterocycles. The van der Waals surface area contributed by atoms with E-state index < -0.39 is 6.04 Å². The Morgan fingerprint density at radius 3 is 2.94 bits per heavy atom. The van der Waals surface area contributed by atoms with Gasteiger partial charge >= 0.3 is 0 Å². The van der Waals surface area contributed by atoms with Gasteiger partial charge in [-0.2, -0.15) is 11.3 Å². The predicted molar refractivity (Wildman–Crippen MR) is 63.7 cm³/mol. The minimum Gasteiger partial charge on any atom is -0.409 e. The summed E-state index contributed by atoms with van der Waals surface area (Å²) in [5.41, 5.74) is 6.42. The van der Waals surface area contributed by atoms with Crippen molar-refractivity contribution in [2.24, 2.45) is 10.9 Å². The standard InChI is InChI=1S/C10H15N3O2S/c1-7(10(11)12-15)13(2)9(14)5-8-3-4-16-6-8/h3-4,6-7,15H,5H2,1-2H3,(H2,11,12). The van der Waals surface area contributed by atoms with Crippen molar-refractivity contribution >= 4 is 23.1 Å². The maximum atomic E-state index is 11.8. The number of carbonyl (C=O) groups is 1. The first-order valence-electron chi connectivity index (χ1n) is 4.80. The first-order chi connectivity index (χ1) is 7.56. The van der Waals surface area contributed by atoms with Crippen molar-refractivity contribution in [3.05, 3.63) is 22.4 Å². The molecule has 1 aromatic heterocycles. The van der Waals surface area contributed by atoms with Gasteiger partial charge in [0, 0.05) is 7.05 Å². The second-order valence-electron chi connectivity index (χ2n) is 3.51. The first kappa shape index (κ1) is 12.5. The minimum atomic E-state index is -0.406. The van der Waals surface area contributed by atoms with E-state index in [9.17, 15) is 4.79 Å². The van der Waals surface area contributed by atoms with Gasteiger partial charge in [0.25, 0.3) is 0 Å². The van der Waals surface area contributed by atoms with Crippen molar-refractivity contribution in [3.8, 4) is 0 Å². The topological polar surface area (TPSA) is 78.9 Å². The minimum absolute atomic E-state index is 0.0289. The molecular weight excluding hydrogens is 226 g/mol. The summed E-state index contributed by atoms with van der Waals surface area (Å²) >= 11 is 1.55. The van der Waals surface area contributed by atoms with Crippen molar-refractivity contribution in [1.82, 2.24) is 4.90 Å². The van der Waals surface area contributed by atoms with Gasteiger partial charge < -0.3 is 15.8 Å². The predicted octanol–water partition coefficient (Wildman–Crippen LogP) is 0.884. The highest BCUT2D eigenvalue weighted by Crippen LogP contribution is 2.09. The molecule has 1 aromatic rings. The third kappa shape index (κ3) is 2.96. The number of hydrogen-bond acceptors (Lipinski definition) is 4. The Morgan fingerprint density at radius 1 is 1.75 bits per heavy atom. The van der Waals surface area contributed by atoms with Crippen molar-refractivity contribution in [2.75, 3.05) is 7.05 Å². The lowest BCUT2D eigenvalue weighted by Crippen LogP contribution is -2.44. The van der Waals surface area contributed by atoms with Crippen LogP contribution in [-0.4, -0.2) is 34.9 Å². The summed E-state index contributed by atoms with van der Waals surface area (Å²) in [4.78, 5) is 13.3. The molecule has 1 atom stereocenters. The van der Waals surface area contributed by atoms with Gasteiger partial charge in [0.1, 0.15) is 0 Å². The molecule has 0 bridgehead atoms. The van der Waals surface area contributed by atoms with Crippen LogP contribution < -0.4 is 5.73 Å². The van der Waals surface area contributed by atoms with Crippen LogP contribution in [0.25, 0.3) is 0 Å². The molecule has 1 amide bonds. The summed E-state index contributed by atoms with van der Waals surface area (Å²) in [6, 6.07) is 1.50. The summed E-state index contributed by atoms with van der Waals surface area (Å²) in [7, 11) is 1.64. The van der Waals surface area contributed by atoms with Crippen LogP contribution in [0.3, 0.4) is 0 Å². The van der Waals surface area contributed by atoms with Crippen LogP contribution in [0.1, 0.15) is 12.5 Å². The summed E-state index contributed by atoms with van der Waals surface area (Å²) in [5, 5.41) is 15.3. The number of rotatable bonds is 4. The fourth-order valence-electron chi connectivity index (χ4n) is 1.19. The highest BCUT2D eigenvalue weighted by atomic mass is 32.1. The number of likely N-dealkylation sites (N-methyl/N-ethyl adjacent to an activating group) is 1. The van der Waals surface area contributed by atoms with E-state index in [4.69, 9.17) is 10.9 Å². The summed E-state index contributed by atoms with van der Waals surface area (Å²) in [6.45, 7) is 1.71. The number of thiophene rings is 1. The molecule has 88 valence electrons. The smallest absolute Gasteiger partial charge is 0.227 e. The zero-order chi connectivity index (χ0) is 12.1. The van der Waals surface area contributed by atoms with Crippen LogP contribution >= 0.6 is 11.3 Å². The van der Waals surface area contributed by atoms with E-state index >= 15 is 0 Å². The summed E-state index contributed by atoms with van der Waals surface area (Å²) in [6.07, 6.45) is 0.336. The molecule has 0 fully saturated rings. The number of nitrogens with zero attached hydrogens (tertiary/aromatic N) is 2. The van der Waals surface area contributed by atoms with Crippen LogP contribution in [0, 0.1) is 0 Å². The molecule has 6 heteroatoms. The Labute approximate surface area is 98.2 Å². The Morgan fingerprint density at radius 2 is 2.44 bits per heavy atom. The van der Waals surface area contributed by atoms with Gasteiger partial charge in [-0.3, -0.25) is 4.79 Å². The lowest BCUT2D eigenvalue weighted by Gasteiger charge is -2.23. The SMILES string of the molecule is CC(C(N)=NO)N(C)C(=O)Cc1ccsc1. The number of oxime groups is 1. The van der Waals surface area contributed by atoms with Crippen molar-refractivity contribution in [3.63, 3.8) is 0 Å². The van der Waals surface area contributed by atoms with Gasteiger partial charge in [0.15, 0.2) is 5.84 Å². The molecule has 0 aliphatic rings. The molecule has 1 unspecified atom stereocenters. The maximum absolute atomic E-state index is 11.8. The van der Waals surface area contributed by atoms with Crippen LogP contribution in [0.4, 0.5) is 0 Å². The Hall–Kier alpha value is -1.56. The largest absolute Gasteiger partial charge is 0.409 e. The van der Waals surface area contributed by atoms with Gasteiger partial charge in [-0.15, -0.1) is 0 Å². The molecule has 0 aromatic carbocycles. The molecule has 0 saturated carbocycles. The van der Waals surface area contributed by atoms with Crippen molar-refractivity contribution in [1.29, 1.82) is 0 Å². The number of nitrogens with two attached hydrogens (primary N) is 1. The maximum Gasteiger partial charge on any atom is 0.227 e. The Balaban J connectivity index is 2.60. The van der Waals surface area contributed by atoms with Gasteiger partial charge in [-0.25, -0.2) is 0 Å². The Bertz CT molecular complexity index is 375. The third-order valence-electron chi connectivity index (χ3n) is 2.45. The summed E-state index contributed by atoms with van der Waals surface area (Å²) in [5.74, 6) is -0.0290. The first-order valence-corrected chi connectivity index (χ1v) is 5.74. The number of carbonyl (C=O) groups excluding carboxylic acids is 1. The lowest BCUT2D eigenvalue weighted by molar-refractivity contribution is -0.129.